The number of hydrogen-bond donors (Lipinski definition) is 1. The molecule has 0 fully saturated rings. The van der Waals surface area contributed by atoms with E-state index in [2.05, 4.69) is 54.9 Å². The fourth-order valence-electron chi connectivity index (χ4n) is 2.27. The number of ether oxygens (including phenoxy) is 1. The Labute approximate surface area is 119 Å². The first-order chi connectivity index (χ1) is 9.24. The molecule has 0 amide bonds. The summed E-state index contributed by atoms with van der Waals surface area (Å²) in [6.07, 6.45) is 1.00. The molecule has 1 atom stereocenters. The third-order valence-corrected chi connectivity index (χ3v) is 4.10. The second-order valence-corrected chi connectivity index (χ2v) is 5.67. The molecule has 102 valence electrons. The van der Waals surface area contributed by atoms with E-state index in [0.29, 0.717) is 6.04 Å². The smallest absolute Gasteiger partial charge is 0.123 e. The second-order valence-electron chi connectivity index (χ2n) is 4.64. The summed E-state index contributed by atoms with van der Waals surface area (Å²) >= 11 is 1.81. The summed E-state index contributed by atoms with van der Waals surface area (Å²) in [5, 5.41) is 5.69. The minimum absolute atomic E-state index is 0.305. The zero-order valence-electron chi connectivity index (χ0n) is 11.8. The monoisotopic (exact) mass is 275 g/mol. The lowest BCUT2D eigenvalue weighted by molar-refractivity contribution is 0.399. The van der Waals surface area contributed by atoms with Gasteiger partial charge in [0.2, 0.25) is 0 Å². The van der Waals surface area contributed by atoms with Gasteiger partial charge in [-0.3, -0.25) is 0 Å². The fourth-order valence-corrected chi connectivity index (χ4v) is 3.03. The van der Waals surface area contributed by atoms with Crippen LogP contribution in [0.5, 0.6) is 5.75 Å². The van der Waals surface area contributed by atoms with Gasteiger partial charge in [0.1, 0.15) is 5.75 Å². The molecule has 1 unspecified atom stereocenters. The van der Waals surface area contributed by atoms with Gasteiger partial charge in [0.05, 0.1) is 7.11 Å². The van der Waals surface area contributed by atoms with Crippen LogP contribution in [0.2, 0.25) is 0 Å². The molecular formula is C16H21NOS. The lowest BCUT2D eigenvalue weighted by Crippen LogP contribution is -2.23. The highest BCUT2D eigenvalue weighted by Gasteiger charge is 2.16. The van der Waals surface area contributed by atoms with Crippen molar-refractivity contribution in [3.63, 3.8) is 0 Å². The van der Waals surface area contributed by atoms with Gasteiger partial charge in [-0.2, -0.15) is 0 Å². The highest BCUT2D eigenvalue weighted by Crippen LogP contribution is 2.29. The quantitative estimate of drug-likeness (QED) is 0.861. The van der Waals surface area contributed by atoms with Crippen molar-refractivity contribution in [1.82, 2.24) is 5.32 Å². The molecular weight excluding hydrogens is 254 g/mol. The first-order valence-corrected chi connectivity index (χ1v) is 7.53. The van der Waals surface area contributed by atoms with E-state index in [4.69, 9.17) is 4.74 Å². The van der Waals surface area contributed by atoms with Crippen molar-refractivity contribution >= 4 is 11.3 Å². The van der Waals surface area contributed by atoms with Gasteiger partial charge >= 0.3 is 0 Å². The van der Waals surface area contributed by atoms with Gasteiger partial charge in [0.25, 0.3) is 0 Å². The van der Waals surface area contributed by atoms with Gasteiger partial charge in [-0.15, -0.1) is 11.3 Å². The molecule has 0 saturated heterocycles. The number of methoxy groups -OCH3 is 1. The van der Waals surface area contributed by atoms with Crippen LogP contribution in [0.1, 0.15) is 29.0 Å². The van der Waals surface area contributed by atoms with Crippen LogP contribution in [0.15, 0.2) is 35.7 Å². The molecule has 0 aliphatic rings. The van der Waals surface area contributed by atoms with Crippen LogP contribution in [0.4, 0.5) is 0 Å². The zero-order valence-corrected chi connectivity index (χ0v) is 12.6. The van der Waals surface area contributed by atoms with E-state index >= 15 is 0 Å². The highest BCUT2D eigenvalue weighted by molar-refractivity contribution is 7.09. The van der Waals surface area contributed by atoms with E-state index in [1.54, 1.807) is 7.11 Å². The maximum atomic E-state index is 5.54. The predicted molar refractivity (Wildman–Crippen MR) is 82.2 cm³/mol. The molecule has 19 heavy (non-hydrogen) atoms. The average molecular weight is 275 g/mol. The number of benzene rings is 1. The Morgan fingerprint density at radius 2 is 2.16 bits per heavy atom. The Morgan fingerprint density at radius 1 is 1.32 bits per heavy atom. The fraction of sp³-hybridized carbons (Fsp3) is 0.375. The normalized spacial score (nSPS) is 12.4. The largest absolute Gasteiger partial charge is 0.496 e. The summed E-state index contributed by atoms with van der Waals surface area (Å²) in [6, 6.07) is 11.0. The molecule has 1 heterocycles. The van der Waals surface area contributed by atoms with Crippen LogP contribution in [0.25, 0.3) is 0 Å². The molecule has 3 heteroatoms. The lowest BCUT2D eigenvalue weighted by Gasteiger charge is -2.20. The summed E-state index contributed by atoms with van der Waals surface area (Å²) < 4.78 is 5.54. The first kappa shape index (κ1) is 14.1. The minimum atomic E-state index is 0.305. The Kier molecular flexibility index (Phi) is 5.00. The predicted octanol–water partition coefficient (Wildman–Crippen LogP) is 3.96. The van der Waals surface area contributed by atoms with Crippen molar-refractivity contribution in [3.8, 4) is 5.75 Å². The molecule has 0 bridgehead atoms. The maximum absolute atomic E-state index is 5.54. The van der Waals surface area contributed by atoms with Crippen LogP contribution in [0.3, 0.4) is 0 Å². The molecule has 0 aliphatic heterocycles. The molecule has 1 aromatic heterocycles. The Hall–Kier alpha value is -1.32. The molecule has 2 aromatic rings. The highest BCUT2D eigenvalue weighted by atomic mass is 32.1. The van der Waals surface area contributed by atoms with E-state index in [-0.39, 0.29) is 0 Å². The zero-order chi connectivity index (χ0) is 13.7. The van der Waals surface area contributed by atoms with Crippen molar-refractivity contribution in [1.29, 1.82) is 0 Å². The molecule has 1 aromatic carbocycles. The minimum Gasteiger partial charge on any atom is -0.496 e. The van der Waals surface area contributed by atoms with E-state index in [0.717, 1.165) is 18.7 Å². The van der Waals surface area contributed by atoms with Gasteiger partial charge in [0, 0.05) is 22.9 Å². The van der Waals surface area contributed by atoms with E-state index in [1.165, 1.54) is 16.0 Å². The van der Waals surface area contributed by atoms with Gasteiger partial charge in [-0.05, 0) is 36.5 Å². The Morgan fingerprint density at radius 3 is 2.79 bits per heavy atom. The van der Waals surface area contributed by atoms with Crippen molar-refractivity contribution in [2.45, 2.75) is 26.3 Å². The van der Waals surface area contributed by atoms with Gasteiger partial charge < -0.3 is 10.1 Å². The second kappa shape index (κ2) is 6.73. The number of aryl methyl sites for hydroxylation is 1. The van der Waals surface area contributed by atoms with Crippen molar-refractivity contribution in [3.05, 3.63) is 51.7 Å². The molecule has 0 saturated carbocycles. The lowest BCUT2D eigenvalue weighted by atomic mass is 10.00. The Balaban J connectivity index is 2.27. The third kappa shape index (κ3) is 3.58. The number of thiophene rings is 1. The van der Waals surface area contributed by atoms with Gasteiger partial charge in [0.15, 0.2) is 0 Å². The van der Waals surface area contributed by atoms with Crippen molar-refractivity contribution in [2.75, 3.05) is 13.7 Å². The van der Waals surface area contributed by atoms with Gasteiger partial charge in [-0.25, -0.2) is 0 Å². The standard InChI is InChI=1S/C16H21NOS/c1-4-17-15(11-13-6-5-9-19-13)14-8-7-12(2)10-16(14)18-3/h5-10,15,17H,4,11H2,1-3H3. The number of nitrogens with one attached hydrogen (secondary N) is 1. The summed E-state index contributed by atoms with van der Waals surface area (Å²) in [5.74, 6) is 0.975. The van der Waals surface area contributed by atoms with E-state index in [1.807, 2.05) is 11.3 Å². The summed E-state index contributed by atoms with van der Waals surface area (Å²) in [6.45, 7) is 5.18. The van der Waals surface area contributed by atoms with Crippen LogP contribution in [-0.4, -0.2) is 13.7 Å². The summed E-state index contributed by atoms with van der Waals surface area (Å²) in [7, 11) is 1.74. The number of hydrogen-bond acceptors (Lipinski definition) is 3. The molecule has 2 rings (SSSR count). The maximum Gasteiger partial charge on any atom is 0.123 e. The molecule has 1 N–H and O–H groups in total. The molecule has 0 radical (unpaired) electrons. The summed E-state index contributed by atoms with van der Waals surface area (Å²) in [5.41, 5.74) is 2.47. The third-order valence-electron chi connectivity index (χ3n) is 3.20. The summed E-state index contributed by atoms with van der Waals surface area (Å²) in [4.78, 5) is 1.40. The SMILES string of the molecule is CCNC(Cc1cccs1)c1ccc(C)cc1OC. The van der Waals surface area contributed by atoms with Crippen LogP contribution in [-0.2, 0) is 6.42 Å². The van der Waals surface area contributed by atoms with Crippen LogP contribution in [0, 0.1) is 6.92 Å². The average Bonchev–Trinajstić information content (AvgIpc) is 2.91. The number of rotatable bonds is 6. The van der Waals surface area contributed by atoms with Crippen LogP contribution >= 0.6 is 11.3 Å². The van der Waals surface area contributed by atoms with E-state index in [9.17, 15) is 0 Å². The van der Waals surface area contributed by atoms with Gasteiger partial charge in [-0.1, -0.05) is 25.1 Å². The molecule has 2 nitrogen and oxygen atoms in total. The number of likely N-dealkylation sites (N-methyl/N-ethyl adjacent to an activating group) is 1. The van der Waals surface area contributed by atoms with Crippen molar-refractivity contribution in [2.24, 2.45) is 0 Å². The molecule has 0 spiro atoms. The first-order valence-electron chi connectivity index (χ1n) is 6.65. The van der Waals surface area contributed by atoms with Crippen LogP contribution < -0.4 is 10.1 Å². The molecule has 0 aliphatic carbocycles. The Bertz CT molecular complexity index is 507. The topological polar surface area (TPSA) is 21.3 Å². The van der Waals surface area contributed by atoms with E-state index < -0.39 is 0 Å². The van der Waals surface area contributed by atoms with Crippen molar-refractivity contribution < 1.29 is 4.74 Å².